The summed E-state index contributed by atoms with van der Waals surface area (Å²) in [5.74, 6) is -1.25. The van der Waals surface area contributed by atoms with Crippen LogP contribution in [-0.2, 0) is 9.59 Å². The van der Waals surface area contributed by atoms with E-state index < -0.39 is 24.3 Å². The first-order chi connectivity index (χ1) is 13.4. The highest BCUT2D eigenvalue weighted by Gasteiger charge is 2.10. The predicted octanol–water partition coefficient (Wildman–Crippen LogP) is 2.22. The number of hydrazone groups is 1. The average Bonchev–Trinajstić information content (AvgIpc) is 2.68. The summed E-state index contributed by atoms with van der Waals surface area (Å²) in [6.07, 6.45) is 0. The molecule has 0 aliphatic heterocycles. The number of rotatable bonds is 9. The molecule has 0 saturated carbocycles. The Morgan fingerprint density at radius 3 is 2.57 bits per heavy atom. The van der Waals surface area contributed by atoms with E-state index in [0.717, 1.165) is 0 Å². The van der Waals surface area contributed by atoms with Crippen LogP contribution in [0.3, 0.4) is 0 Å². The summed E-state index contributed by atoms with van der Waals surface area (Å²) in [4.78, 5) is 22.4. The van der Waals surface area contributed by atoms with Gasteiger partial charge in [-0.3, -0.25) is 4.79 Å². The topological polar surface area (TPSA) is 106 Å². The van der Waals surface area contributed by atoms with Crippen molar-refractivity contribution in [1.29, 1.82) is 0 Å². The van der Waals surface area contributed by atoms with Gasteiger partial charge in [0, 0.05) is 11.6 Å². The van der Waals surface area contributed by atoms with Crippen LogP contribution in [0.4, 0.5) is 4.39 Å². The number of aliphatic carboxylic acids is 1. The second kappa shape index (κ2) is 9.91. The molecule has 0 unspecified atom stereocenters. The molecule has 8 nitrogen and oxygen atoms in total. The lowest BCUT2D eigenvalue weighted by atomic mass is 10.1. The lowest BCUT2D eigenvalue weighted by Crippen LogP contribution is -2.25. The van der Waals surface area contributed by atoms with E-state index in [1.807, 2.05) is 0 Å². The van der Waals surface area contributed by atoms with E-state index >= 15 is 0 Å². The molecule has 1 amide bonds. The number of amides is 1. The summed E-state index contributed by atoms with van der Waals surface area (Å²) in [7, 11) is 1.42. The highest BCUT2D eigenvalue weighted by Crippen LogP contribution is 2.28. The molecule has 0 saturated heterocycles. The number of carbonyl (C=O) groups is 2. The number of hydrogen-bond acceptors (Lipinski definition) is 6. The molecule has 2 N–H and O–H groups in total. The Morgan fingerprint density at radius 2 is 1.89 bits per heavy atom. The van der Waals surface area contributed by atoms with E-state index in [-0.39, 0.29) is 18.1 Å². The minimum atomic E-state index is -1.10. The van der Waals surface area contributed by atoms with Crippen molar-refractivity contribution in [2.24, 2.45) is 5.10 Å². The summed E-state index contributed by atoms with van der Waals surface area (Å²) < 4.78 is 28.5. The van der Waals surface area contributed by atoms with Crippen molar-refractivity contribution < 1.29 is 33.3 Å². The molecule has 0 fully saturated rings. The van der Waals surface area contributed by atoms with E-state index in [9.17, 15) is 14.0 Å². The van der Waals surface area contributed by atoms with Gasteiger partial charge in [0.1, 0.15) is 11.6 Å². The molecular formula is C19H19FN2O6. The van der Waals surface area contributed by atoms with Crippen LogP contribution in [0.25, 0.3) is 0 Å². The highest BCUT2D eigenvalue weighted by atomic mass is 19.1. The van der Waals surface area contributed by atoms with Gasteiger partial charge in [0.05, 0.1) is 12.8 Å². The average molecular weight is 390 g/mol. The number of halogens is 1. The molecule has 28 heavy (non-hydrogen) atoms. The van der Waals surface area contributed by atoms with Crippen LogP contribution in [0.2, 0.25) is 0 Å². The third kappa shape index (κ3) is 6.27. The van der Waals surface area contributed by atoms with Crippen molar-refractivity contribution in [3.63, 3.8) is 0 Å². The second-order valence-electron chi connectivity index (χ2n) is 5.53. The van der Waals surface area contributed by atoms with E-state index in [1.165, 1.54) is 31.4 Å². The zero-order chi connectivity index (χ0) is 20.5. The summed E-state index contributed by atoms with van der Waals surface area (Å²) in [6, 6.07) is 10.2. The maximum Gasteiger partial charge on any atom is 0.341 e. The van der Waals surface area contributed by atoms with Gasteiger partial charge in [-0.05, 0) is 37.3 Å². The van der Waals surface area contributed by atoms with Gasteiger partial charge in [0.25, 0.3) is 5.91 Å². The first-order valence-electron chi connectivity index (χ1n) is 8.13. The van der Waals surface area contributed by atoms with Crippen molar-refractivity contribution in [1.82, 2.24) is 5.43 Å². The van der Waals surface area contributed by atoms with Gasteiger partial charge in [-0.15, -0.1) is 0 Å². The standard InChI is InChI=1S/C19H19FN2O6/c1-12(13-6-7-16(17(8-13)26-2)28-11-19(24)25)21-22-18(23)10-27-15-5-3-4-14(20)9-15/h3-9H,10-11H2,1-2H3,(H,22,23)(H,24,25)/b21-12-. The van der Waals surface area contributed by atoms with Gasteiger partial charge in [0.15, 0.2) is 24.7 Å². The molecule has 0 spiro atoms. The quantitative estimate of drug-likeness (QED) is 0.502. The minimum absolute atomic E-state index is 0.234. The number of carboxylic acid groups (broad SMARTS) is 1. The SMILES string of the molecule is COc1cc(/C(C)=N\NC(=O)COc2cccc(F)c2)ccc1OCC(=O)O. The molecular weight excluding hydrogens is 371 g/mol. The lowest BCUT2D eigenvalue weighted by molar-refractivity contribution is -0.139. The first kappa shape index (κ1) is 20.7. The summed E-state index contributed by atoms with van der Waals surface area (Å²) in [5, 5.41) is 12.7. The van der Waals surface area contributed by atoms with E-state index in [4.69, 9.17) is 19.3 Å². The number of ether oxygens (including phenoxy) is 3. The predicted molar refractivity (Wildman–Crippen MR) is 98.4 cm³/mol. The van der Waals surface area contributed by atoms with E-state index in [1.54, 1.807) is 25.1 Å². The van der Waals surface area contributed by atoms with Crippen molar-refractivity contribution >= 4 is 17.6 Å². The van der Waals surface area contributed by atoms with Gasteiger partial charge in [-0.1, -0.05) is 6.07 Å². The Labute approximate surface area is 160 Å². The maximum atomic E-state index is 13.1. The molecule has 2 rings (SSSR count). The third-order valence-electron chi connectivity index (χ3n) is 3.45. The zero-order valence-corrected chi connectivity index (χ0v) is 15.3. The van der Waals surface area contributed by atoms with Gasteiger partial charge >= 0.3 is 5.97 Å². The van der Waals surface area contributed by atoms with Crippen LogP contribution >= 0.6 is 0 Å². The monoisotopic (exact) mass is 390 g/mol. The lowest BCUT2D eigenvalue weighted by Gasteiger charge is -2.11. The van der Waals surface area contributed by atoms with E-state index in [0.29, 0.717) is 17.0 Å². The Hall–Kier alpha value is -3.62. The number of nitrogens with one attached hydrogen (secondary N) is 1. The molecule has 0 atom stereocenters. The third-order valence-corrected chi connectivity index (χ3v) is 3.45. The number of carbonyl (C=O) groups excluding carboxylic acids is 1. The summed E-state index contributed by atoms with van der Waals surface area (Å²) in [6.45, 7) is 0.843. The Morgan fingerprint density at radius 1 is 1.11 bits per heavy atom. The molecule has 0 aliphatic carbocycles. The van der Waals surface area contributed by atoms with Crippen molar-refractivity contribution in [2.45, 2.75) is 6.92 Å². The molecule has 9 heteroatoms. The summed E-state index contributed by atoms with van der Waals surface area (Å²) in [5.41, 5.74) is 3.44. The maximum absolute atomic E-state index is 13.1. The normalized spacial score (nSPS) is 10.9. The van der Waals surface area contributed by atoms with Crippen LogP contribution in [-0.4, -0.2) is 43.0 Å². The van der Waals surface area contributed by atoms with Crippen molar-refractivity contribution in [3.05, 3.63) is 53.8 Å². The minimum Gasteiger partial charge on any atom is -0.493 e. The fourth-order valence-corrected chi connectivity index (χ4v) is 2.10. The Bertz CT molecular complexity index is 884. The number of methoxy groups -OCH3 is 1. The fraction of sp³-hybridized carbons (Fsp3) is 0.211. The largest absolute Gasteiger partial charge is 0.493 e. The van der Waals surface area contributed by atoms with Crippen molar-refractivity contribution in [2.75, 3.05) is 20.3 Å². The number of benzene rings is 2. The van der Waals surface area contributed by atoms with Crippen LogP contribution in [0.15, 0.2) is 47.6 Å². The molecule has 148 valence electrons. The highest BCUT2D eigenvalue weighted by molar-refractivity contribution is 5.99. The van der Waals surface area contributed by atoms with Crippen LogP contribution in [0.1, 0.15) is 12.5 Å². The Balaban J connectivity index is 1.96. The van der Waals surface area contributed by atoms with E-state index in [2.05, 4.69) is 10.5 Å². The van der Waals surface area contributed by atoms with Gasteiger partial charge in [0.2, 0.25) is 0 Å². The molecule has 0 aliphatic rings. The second-order valence-corrected chi connectivity index (χ2v) is 5.53. The first-order valence-corrected chi connectivity index (χ1v) is 8.13. The molecule has 0 bridgehead atoms. The van der Waals surface area contributed by atoms with Gasteiger partial charge in [-0.2, -0.15) is 5.10 Å². The molecule has 0 aromatic heterocycles. The number of hydrogen-bond donors (Lipinski definition) is 2. The number of carboxylic acids is 1. The number of nitrogens with zero attached hydrogens (tertiary/aromatic N) is 1. The van der Waals surface area contributed by atoms with Crippen LogP contribution < -0.4 is 19.6 Å². The van der Waals surface area contributed by atoms with Crippen molar-refractivity contribution in [3.8, 4) is 17.2 Å². The van der Waals surface area contributed by atoms with Gasteiger partial charge < -0.3 is 19.3 Å². The molecule has 2 aromatic rings. The van der Waals surface area contributed by atoms with Gasteiger partial charge in [-0.25, -0.2) is 14.6 Å². The molecule has 0 heterocycles. The Kier molecular flexibility index (Phi) is 7.32. The van der Waals surface area contributed by atoms with Crippen LogP contribution in [0.5, 0.6) is 17.2 Å². The molecule has 0 radical (unpaired) electrons. The zero-order valence-electron chi connectivity index (χ0n) is 15.3. The summed E-state index contributed by atoms with van der Waals surface area (Å²) >= 11 is 0. The fourth-order valence-electron chi connectivity index (χ4n) is 2.10. The molecule has 2 aromatic carbocycles. The van der Waals surface area contributed by atoms with Crippen LogP contribution in [0, 0.1) is 5.82 Å². The smallest absolute Gasteiger partial charge is 0.341 e.